The Morgan fingerprint density at radius 1 is 1.20 bits per heavy atom. The van der Waals surface area contributed by atoms with E-state index in [-0.39, 0.29) is 17.0 Å². The summed E-state index contributed by atoms with van der Waals surface area (Å²) in [6.45, 7) is 3.76. The van der Waals surface area contributed by atoms with Crippen molar-refractivity contribution in [3.05, 3.63) is 35.4 Å². The van der Waals surface area contributed by atoms with E-state index in [1.54, 1.807) is 31.2 Å². The molecule has 0 fully saturated rings. The van der Waals surface area contributed by atoms with Crippen LogP contribution in [0.15, 0.2) is 24.3 Å². The normalized spacial score (nSPS) is 15.2. The van der Waals surface area contributed by atoms with Crippen LogP contribution in [0, 0.1) is 5.92 Å². The van der Waals surface area contributed by atoms with Crippen molar-refractivity contribution in [2.24, 2.45) is 5.92 Å². The van der Waals surface area contributed by atoms with Crippen molar-refractivity contribution in [1.29, 1.82) is 0 Å². The van der Waals surface area contributed by atoms with Gasteiger partial charge in [0.1, 0.15) is 0 Å². The van der Waals surface area contributed by atoms with Crippen molar-refractivity contribution in [1.82, 2.24) is 5.06 Å². The molecule has 1 aromatic rings. The van der Waals surface area contributed by atoms with Gasteiger partial charge in [0, 0.05) is 0 Å². The van der Waals surface area contributed by atoms with Crippen LogP contribution in [0.25, 0.3) is 0 Å². The van der Waals surface area contributed by atoms with Gasteiger partial charge in [0.15, 0.2) is 0 Å². The Hall–Kier alpha value is -2.17. The number of hydroxylamine groups is 2. The van der Waals surface area contributed by atoms with Gasteiger partial charge in [-0.2, -0.15) is 0 Å². The topological polar surface area (TPSA) is 63.7 Å². The van der Waals surface area contributed by atoms with E-state index in [0.717, 1.165) is 12.8 Å². The van der Waals surface area contributed by atoms with Crippen LogP contribution in [-0.2, 0) is 9.63 Å². The minimum atomic E-state index is -0.582. The van der Waals surface area contributed by atoms with Crippen LogP contribution in [0.4, 0.5) is 0 Å². The fraction of sp³-hybridized carbons (Fsp3) is 0.400. The highest BCUT2D eigenvalue weighted by Crippen LogP contribution is 2.23. The van der Waals surface area contributed by atoms with E-state index in [1.807, 2.05) is 6.92 Å². The van der Waals surface area contributed by atoms with Crippen molar-refractivity contribution < 1.29 is 19.2 Å². The molecule has 0 saturated carbocycles. The maximum absolute atomic E-state index is 12.0. The van der Waals surface area contributed by atoms with Crippen LogP contribution in [0.3, 0.4) is 0 Å². The van der Waals surface area contributed by atoms with Gasteiger partial charge < -0.3 is 4.84 Å². The molecule has 2 amide bonds. The van der Waals surface area contributed by atoms with Crippen LogP contribution >= 0.6 is 0 Å². The molecule has 0 spiro atoms. The van der Waals surface area contributed by atoms with E-state index in [1.165, 1.54) is 0 Å². The third-order valence-electron chi connectivity index (χ3n) is 3.33. The molecule has 0 N–H and O–H groups in total. The van der Waals surface area contributed by atoms with E-state index in [2.05, 4.69) is 0 Å². The summed E-state index contributed by atoms with van der Waals surface area (Å²) in [4.78, 5) is 40.9. The van der Waals surface area contributed by atoms with Crippen molar-refractivity contribution >= 4 is 17.8 Å². The van der Waals surface area contributed by atoms with Gasteiger partial charge in [-0.25, -0.2) is 4.79 Å². The van der Waals surface area contributed by atoms with E-state index < -0.39 is 17.8 Å². The summed E-state index contributed by atoms with van der Waals surface area (Å²) < 4.78 is 0. The van der Waals surface area contributed by atoms with Gasteiger partial charge in [0.2, 0.25) is 0 Å². The first-order valence-electron chi connectivity index (χ1n) is 6.76. The number of amides is 2. The second kappa shape index (κ2) is 5.86. The Morgan fingerprint density at radius 2 is 1.75 bits per heavy atom. The van der Waals surface area contributed by atoms with Gasteiger partial charge in [-0.05, 0) is 18.6 Å². The zero-order valence-corrected chi connectivity index (χ0v) is 11.6. The van der Waals surface area contributed by atoms with E-state index in [0.29, 0.717) is 11.5 Å². The molecular weight excluding hydrogens is 258 g/mol. The van der Waals surface area contributed by atoms with Gasteiger partial charge in [0.25, 0.3) is 11.8 Å². The van der Waals surface area contributed by atoms with Gasteiger partial charge >= 0.3 is 5.97 Å². The number of fused-ring (bicyclic) bond motifs is 1. The summed E-state index contributed by atoms with van der Waals surface area (Å²) in [7, 11) is 0. The molecule has 0 saturated heterocycles. The molecule has 106 valence electrons. The lowest BCUT2D eigenvalue weighted by Crippen LogP contribution is -2.34. The van der Waals surface area contributed by atoms with E-state index >= 15 is 0 Å². The van der Waals surface area contributed by atoms with Gasteiger partial charge in [-0.3, -0.25) is 9.59 Å². The smallest absolute Gasteiger partial charge is 0.329 e. The standard InChI is InChI=1S/C15H17NO4/c1-3-4-7-10(2)15(19)20-16-13(17)11-8-5-6-9-12(11)14(16)18/h5-6,8-10H,3-4,7H2,1-2H3. The Bertz CT molecular complexity index is 518. The van der Waals surface area contributed by atoms with Gasteiger partial charge in [0.05, 0.1) is 17.0 Å². The number of carbonyl (C=O) groups excluding carboxylic acids is 3. The third-order valence-corrected chi connectivity index (χ3v) is 3.33. The summed E-state index contributed by atoms with van der Waals surface area (Å²) >= 11 is 0. The molecule has 2 rings (SSSR count). The first kappa shape index (κ1) is 14.2. The summed E-state index contributed by atoms with van der Waals surface area (Å²) in [5, 5.41) is 0.565. The molecule has 0 bridgehead atoms. The molecule has 5 heteroatoms. The summed E-state index contributed by atoms with van der Waals surface area (Å²) in [6.07, 6.45) is 2.56. The van der Waals surface area contributed by atoms with Crippen molar-refractivity contribution in [3.8, 4) is 0 Å². The molecule has 5 nitrogen and oxygen atoms in total. The largest absolute Gasteiger partial charge is 0.335 e. The molecular formula is C15H17NO4. The lowest BCUT2D eigenvalue weighted by molar-refractivity contribution is -0.173. The number of hydrogen-bond donors (Lipinski definition) is 0. The highest BCUT2D eigenvalue weighted by atomic mass is 16.7. The van der Waals surface area contributed by atoms with Gasteiger partial charge in [-0.15, -0.1) is 0 Å². The van der Waals surface area contributed by atoms with Crippen LogP contribution in [0.2, 0.25) is 0 Å². The zero-order valence-electron chi connectivity index (χ0n) is 11.6. The minimum absolute atomic E-state index is 0.270. The molecule has 1 heterocycles. The van der Waals surface area contributed by atoms with Crippen LogP contribution in [-0.4, -0.2) is 22.8 Å². The maximum atomic E-state index is 12.0. The predicted octanol–water partition coefficient (Wildman–Crippen LogP) is 2.57. The molecule has 20 heavy (non-hydrogen) atoms. The average molecular weight is 275 g/mol. The second-order valence-electron chi connectivity index (χ2n) is 4.90. The average Bonchev–Trinajstić information content (AvgIpc) is 2.70. The van der Waals surface area contributed by atoms with Crippen LogP contribution < -0.4 is 0 Å². The van der Waals surface area contributed by atoms with Crippen LogP contribution in [0.5, 0.6) is 0 Å². The van der Waals surface area contributed by atoms with Gasteiger partial charge in [-0.1, -0.05) is 43.9 Å². The maximum Gasteiger partial charge on any atom is 0.335 e. The summed E-state index contributed by atoms with van der Waals surface area (Å²) in [5.41, 5.74) is 0.540. The van der Waals surface area contributed by atoms with E-state index in [4.69, 9.17) is 4.84 Å². The Kier molecular flexibility index (Phi) is 4.17. The highest BCUT2D eigenvalue weighted by Gasteiger charge is 2.39. The zero-order chi connectivity index (χ0) is 14.7. The van der Waals surface area contributed by atoms with Crippen molar-refractivity contribution in [2.75, 3.05) is 0 Å². The Labute approximate surface area is 117 Å². The molecule has 1 atom stereocenters. The van der Waals surface area contributed by atoms with Crippen molar-refractivity contribution in [3.63, 3.8) is 0 Å². The first-order valence-corrected chi connectivity index (χ1v) is 6.76. The van der Waals surface area contributed by atoms with E-state index in [9.17, 15) is 14.4 Å². The third kappa shape index (κ3) is 2.57. The lowest BCUT2D eigenvalue weighted by atomic mass is 10.1. The number of nitrogens with zero attached hydrogens (tertiary/aromatic N) is 1. The monoisotopic (exact) mass is 275 g/mol. The fourth-order valence-corrected chi connectivity index (χ4v) is 2.06. The lowest BCUT2D eigenvalue weighted by Gasteiger charge is -2.16. The quantitative estimate of drug-likeness (QED) is 0.775. The molecule has 1 aliphatic heterocycles. The number of rotatable bonds is 5. The minimum Gasteiger partial charge on any atom is -0.329 e. The number of hydrogen-bond acceptors (Lipinski definition) is 4. The van der Waals surface area contributed by atoms with Crippen LogP contribution in [0.1, 0.15) is 53.8 Å². The molecule has 0 aromatic heterocycles. The molecule has 1 unspecified atom stereocenters. The first-order chi connectivity index (χ1) is 9.56. The summed E-state index contributed by atoms with van der Waals surface area (Å²) in [6, 6.07) is 6.42. The Morgan fingerprint density at radius 3 is 2.25 bits per heavy atom. The second-order valence-corrected chi connectivity index (χ2v) is 4.90. The van der Waals surface area contributed by atoms with Crippen molar-refractivity contribution in [2.45, 2.75) is 33.1 Å². The Balaban J connectivity index is 2.07. The molecule has 1 aromatic carbocycles. The molecule has 1 aliphatic rings. The number of benzene rings is 1. The SMILES string of the molecule is CCCCC(C)C(=O)ON1C(=O)c2ccccc2C1=O. The summed E-state index contributed by atoms with van der Waals surface area (Å²) in [5.74, 6) is -2.05. The highest BCUT2D eigenvalue weighted by molar-refractivity contribution is 6.20. The fourth-order valence-electron chi connectivity index (χ4n) is 2.06. The predicted molar refractivity (Wildman–Crippen MR) is 71.7 cm³/mol. The number of carbonyl (C=O) groups is 3. The number of imide groups is 1. The molecule has 0 radical (unpaired) electrons. The molecule has 0 aliphatic carbocycles. The number of unbranched alkanes of at least 4 members (excludes halogenated alkanes) is 1.